The number of hydrogen-bond acceptors (Lipinski definition) is 4. The fourth-order valence-electron chi connectivity index (χ4n) is 1.57. The predicted octanol–water partition coefficient (Wildman–Crippen LogP) is 2.71. The van der Waals surface area contributed by atoms with Gasteiger partial charge in [0.15, 0.2) is 0 Å². The summed E-state index contributed by atoms with van der Waals surface area (Å²) in [6.45, 7) is 0. The Morgan fingerprint density at radius 1 is 1.00 bits per heavy atom. The fraction of sp³-hybridized carbons (Fsp3) is 0. The number of non-ortho nitro benzene ring substituents is 1. The van der Waals surface area contributed by atoms with Gasteiger partial charge in [-0.15, -0.1) is 0 Å². The summed E-state index contributed by atoms with van der Waals surface area (Å²) in [5, 5.41) is 10.5. The van der Waals surface area contributed by atoms with Crippen LogP contribution in [-0.4, -0.2) is 13.3 Å². The molecule has 5 nitrogen and oxygen atoms in total. The standard InChI is InChI=1S/C12H7F2NO4S/c13-8-1-6-12(11(14)7-8)20(18,19)10-4-2-9(3-5-10)15(16)17/h1-7H. The van der Waals surface area contributed by atoms with Crippen molar-refractivity contribution >= 4 is 15.5 Å². The summed E-state index contributed by atoms with van der Waals surface area (Å²) in [4.78, 5) is 8.79. The first-order valence-electron chi connectivity index (χ1n) is 5.27. The molecule has 0 bridgehead atoms. The van der Waals surface area contributed by atoms with Crippen LogP contribution in [0.4, 0.5) is 14.5 Å². The normalized spacial score (nSPS) is 11.3. The average molecular weight is 299 g/mol. The van der Waals surface area contributed by atoms with Gasteiger partial charge in [-0.05, 0) is 24.3 Å². The van der Waals surface area contributed by atoms with Crippen molar-refractivity contribution in [2.75, 3.05) is 0 Å². The first-order valence-corrected chi connectivity index (χ1v) is 6.75. The van der Waals surface area contributed by atoms with Crippen LogP contribution in [0, 0.1) is 21.7 Å². The first-order chi connectivity index (χ1) is 9.32. The van der Waals surface area contributed by atoms with E-state index in [0.717, 1.165) is 36.4 Å². The second-order valence-corrected chi connectivity index (χ2v) is 5.75. The number of nitrogens with zero attached hydrogens (tertiary/aromatic N) is 1. The van der Waals surface area contributed by atoms with Gasteiger partial charge >= 0.3 is 0 Å². The molecule has 0 fully saturated rings. The van der Waals surface area contributed by atoms with Gasteiger partial charge in [0, 0.05) is 18.2 Å². The Balaban J connectivity index is 2.52. The molecule has 2 aromatic rings. The highest BCUT2D eigenvalue weighted by Crippen LogP contribution is 2.25. The molecule has 0 atom stereocenters. The van der Waals surface area contributed by atoms with Crippen LogP contribution in [-0.2, 0) is 9.84 Å². The molecule has 0 N–H and O–H groups in total. The van der Waals surface area contributed by atoms with Crippen molar-refractivity contribution in [3.05, 3.63) is 64.2 Å². The quantitative estimate of drug-likeness (QED) is 0.496. The number of benzene rings is 2. The Hall–Kier alpha value is -2.35. The van der Waals surface area contributed by atoms with E-state index in [1.54, 1.807) is 0 Å². The van der Waals surface area contributed by atoms with Crippen LogP contribution < -0.4 is 0 Å². The van der Waals surface area contributed by atoms with Gasteiger partial charge < -0.3 is 0 Å². The van der Waals surface area contributed by atoms with E-state index in [2.05, 4.69) is 0 Å². The summed E-state index contributed by atoms with van der Waals surface area (Å²) in [6.07, 6.45) is 0. The van der Waals surface area contributed by atoms with Gasteiger partial charge in [-0.25, -0.2) is 17.2 Å². The lowest BCUT2D eigenvalue weighted by molar-refractivity contribution is -0.384. The number of nitro groups is 1. The van der Waals surface area contributed by atoms with E-state index in [4.69, 9.17) is 0 Å². The van der Waals surface area contributed by atoms with Crippen LogP contribution in [0.2, 0.25) is 0 Å². The molecular weight excluding hydrogens is 292 g/mol. The molecule has 0 spiro atoms. The van der Waals surface area contributed by atoms with E-state index in [1.165, 1.54) is 0 Å². The van der Waals surface area contributed by atoms with Crippen molar-refractivity contribution in [3.63, 3.8) is 0 Å². The van der Waals surface area contributed by atoms with E-state index in [9.17, 15) is 27.3 Å². The average Bonchev–Trinajstić information content (AvgIpc) is 2.38. The molecule has 0 amide bonds. The molecular formula is C12H7F2NO4S. The molecule has 2 aromatic carbocycles. The van der Waals surface area contributed by atoms with Crippen molar-refractivity contribution in [2.45, 2.75) is 9.79 Å². The van der Waals surface area contributed by atoms with E-state index in [0.29, 0.717) is 6.07 Å². The fourth-order valence-corrected chi connectivity index (χ4v) is 2.88. The van der Waals surface area contributed by atoms with Gasteiger partial charge in [-0.2, -0.15) is 0 Å². The highest BCUT2D eigenvalue weighted by molar-refractivity contribution is 7.91. The zero-order valence-electron chi connectivity index (χ0n) is 9.79. The van der Waals surface area contributed by atoms with Crippen molar-refractivity contribution in [2.24, 2.45) is 0 Å². The lowest BCUT2D eigenvalue weighted by Gasteiger charge is -2.05. The number of hydrogen-bond donors (Lipinski definition) is 0. The van der Waals surface area contributed by atoms with Crippen LogP contribution in [0.1, 0.15) is 0 Å². The van der Waals surface area contributed by atoms with Crippen molar-refractivity contribution < 1.29 is 22.1 Å². The monoisotopic (exact) mass is 299 g/mol. The molecule has 8 heteroatoms. The SMILES string of the molecule is O=[N+]([O-])c1ccc(S(=O)(=O)c2ccc(F)cc2F)cc1. The van der Waals surface area contributed by atoms with Gasteiger partial charge in [-0.3, -0.25) is 10.1 Å². The third-order valence-electron chi connectivity index (χ3n) is 2.54. The van der Waals surface area contributed by atoms with Crippen LogP contribution in [0.15, 0.2) is 52.3 Å². The molecule has 0 heterocycles. The van der Waals surface area contributed by atoms with Crippen LogP contribution in [0.5, 0.6) is 0 Å². The van der Waals surface area contributed by atoms with Crippen LogP contribution >= 0.6 is 0 Å². The smallest absolute Gasteiger partial charge is 0.258 e. The number of halogens is 2. The topological polar surface area (TPSA) is 77.3 Å². The first kappa shape index (κ1) is 14.1. The van der Waals surface area contributed by atoms with Crippen LogP contribution in [0.25, 0.3) is 0 Å². The molecule has 0 unspecified atom stereocenters. The minimum Gasteiger partial charge on any atom is -0.258 e. The molecule has 2 rings (SSSR count). The Morgan fingerprint density at radius 2 is 1.60 bits per heavy atom. The molecule has 0 aliphatic rings. The van der Waals surface area contributed by atoms with E-state index >= 15 is 0 Å². The van der Waals surface area contributed by atoms with Gasteiger partial charge in [0.05, 0.1) is 9.82 Å². The summed E-state index contributed by atoms with van der Waals surface area (Å²) in [7, 11) is -4.19. The maximum absolute atomic E-state index is 13.5. The summed E-state index contributed by atoms with van der Waals surface area (Å²) < 4.78 is 50.5. The summed E-state index contributed by atoms with van der Waals surface area (Å²) in [6, 6.07) is 6.07. The molecule has 20 heavy (non-hydrogen) atoms. The lowest BCUT2D eigenvalue weighted by atomic mass is 10.3. The maximum atomic E-state index is 13.5. The Labute approximate surface area is 112 Å². The third kappa shape index (κ3) is 2.50. The predicted molar refractivity (Wildman–Crippen MR) is 64.9 cm³/mol. The van der Waals surface area contributed by atoms with Gasteiger partial charge in [0.1, 0.15) is 16.5 Å². The van der Waals surface area contributed by atoms with Crippen molar-refractivity contribution in [3.8, 4) is 0 Å². The second-order valence-electron chi connectivity index (χ2n) is 3.83. The zero-order chi connectivity index (χ0) is 14.9. The molecule has 0 saturated heterocycles. The largest absolute Gasteiger partial charge is 0.269 e. The Morgan fingerprint density at radius 3 is 2.10 bits per heavy atom. The Bertz CT molecular complexity index is 773. The highest BCUT2D eigenvalue weighted by atomic mass is 32.2. The Kier molecular flexibility index (Phi) is 3.49. The minimum absolute atomic E-state index is 0.288. The molecule has 0 aromatic heterocycles. The summed E-state index contributed by atoms with van der Waals surface area (Å²) >= 11 is 0. The van der Waals surface area contributed by atoms with E-state index < -0.39 is 31.3 Å². The number of rotatable bonds is 3. The van der Waals surface area contributed by atoms with Gasteiger partial charge in [0.25, 0.3) is 5.69 Å². The molecule has 0 aliphatic carbocycles. The van der Waals surface area contributed by atoms with Crippen molar-refractivity contribution in [1.82, 2.24) is 0 Å². The lowest BCUT2D eigenvalue weighted by Crippen LogP contribution is -2.05. The van der Waals surface area contributed by atoms with Crippen molar-refractivity contribution in [1.29, 1.82) is 0 Å². The van der Waals surface area contributed by atoms with Crippen LogP contribution in [0.3, 0.4) is 0 Å². The van der Waals surface area contributed by atoms with Gasteiger partial charge in [0.2, 0.25) is 9.84 Å². The zero-order valence-corrected chi connectivity index (χ0v) is 10.6. The molecule has 0 aliphatic heterocycles. The van der Waals surface area contributed by atoms with E-state index in [-0.39, 0.29) is 10.6 Å². The minimum atomic E-state index is -4.19. The van der Waals surface area contributed by atoms with Gasteiger partial charge in [-0.1, -0.05) is 0 Å². The molecule has 0 radical (unpaired) electrons. The molecule has 0 saturated carbocycles. The molecule has 104 valence electrons. The van der Waals surface area contributed by atoms with E-state index in [1.807, 2.05) is 0 Å². The maximum Gasteiger partial charge on any atom is 0.269 e. The summed E-state index contributed by atoms with van der Waals surface area (Å²) in [5.74, 6) is -2.12. The highest BCUT2D eigenvalue weighted by Gasteiger charge is 2.22. The number of sulfone groups is 1. The third-order valence-corrected chi connectivity index (χ3v) is 4.34. The summed E-state index contributed by atoms with van der Waals surface area (Å²) in [5.41, 5.74) is -0.288. The second kappa shape index (κ2) is 4.97. The number of nitro benzene ring substituents is 1.